The Hall–Kier alpha value is -0.430. The fourth-order valence-corrected chi connectivity index (χ4v) is 3.11. The molecule has 0 bridgehead atoms. The number of thiocarbonyl (C=S) groups is 1. The molecule has 0 radical (unpaired) electrons. The van der Waals surface area contributed by atoms with Crippen LogP contribution >= 0.6 is 60.0 Å². The van der Waals surface area contributed by atoms with Crippen molar-refractivity contribution in [1.82, 2.24) is 0 Å². The Morgan fingerprint density at radius 3 is 2.11 bits per heavy atom. The highest BCUT2D eigenvalue weighted by Crippen LogP contribution is 2.34. The van der Waals surface area contributed by atoms with E-state index < -0.39 is 0 Å². The molecule has 0 saturated carbocycles. The molecule has 6 heteroatoms. The van der Waals surface area contributed by atoms with Crippen molar-refractivity contribution in [2.24, 2.45) is 5.73 Å². The molecule has 0 unspecified atom stereocenters. The Kier molecular flexibility index (Phi) is 5.00. The van der Waals surface area contributed by atoms with E-state index in [1.54, 1.807) is 0 Å². The maximum absolute atomic E-state index is 5.86. The van der Waals surface area contributed by atoms with Crippen molar-refractivity contribution in [3.05, 3.63) is 55.4 Å². The van der Waals surface area contributed by atoms with Crippen LogP contribution < -0.4 is 10.5 Å². The molecule has 2 rings (SSSR count). The Bertz CT molecular complexity index is 646. The molecule has 0 saturated heterocycles. The highest BCUT2D eigenvalue weighted by Gasteiger charge is 2.10. The quantitative estimate of drug-likeness (QED) is 0.616. The summed E-state index contributed by atoms with van der Waals surface area (Å²) in [5.41, 5.74) is 6.40. The molecule has 0 aliphatic heterocycles. The van der Waals surface area contributed by atoms with E-state index in [-0.39, 0.29) is 0 Å². The van der Waals surface area contributed by atoms with Crippen LogP contribution in [-0.2, 0) is 0 Å². The topological polar surface area (TPSA) is 35.2 Å². The second-order valence-electron chi connectivity index (χ2n) is 3.68. The van der Waals surface area contributed by atoms with E-state index in [9.17, 15) is 0 Å². The highest BCUT2D eigenvalue weighted by atomic mass is 79.9. The minimum Gasteiger partial charge on any atom is -0.455 e. The number of hydrogen-bond acceptors (Lipinski definition) is 2. The van der Waals surface area contributed by atoms with E-state index in [1.807, 2.05) is 36.4 Å². The fourth-order valence-electron chi connectivity index (χ4n) is 1.46. The van der Waals surface area contributed by atoms with E-state index >= 15 is 0 Å². The minimum absolute atomic E-state index is 0.296. The molecule has 19 heavy (non-hydrogen) atoms. The Morgan fingerprint density at radius 1 is 0.947 bits per heavy atom. The average Bonchev–Trinajstić information content (AvgIpc) is 2.34. The third-order valence-electron chi connectivity index (χ3n) is 2.32. The molecule has 0 aliphatic carbocycles. The van der Waals surface area contributed by atoms with Gasteiger partial charge in [-0.25, -0.2) is 0 Å². The predicted octanol–water partition coefficient (Wildman–Crippen LogP) is 5.40. The molecule has 0 atom stereocenters. The molecule has 2 aromatic rings. The van der Waals surface area contributed by atoms with Crippen LogP contribution in [0.15, 0.2) is 49.8 Å². The number of halogens is 3. The normalized spacial score (nSPS) is 10.3. The third-order valence-corrected chi connectivity index (χ3v) is 4.15. The summed E-state index contributed by atoms with van der Waals surface area (Å²) in [7, 11) is 0. The number of benzene rings is 2. The summed E-state index contributed by atoms with van der Waals surface area (Å²) in [6, 6.07) is 11.2. The summed E-state index contributed by atoms with van der Waals surface area (Å²) in [5, 5.41) is 0. The van der Waals surface area contributed by atoms with Crippen LogP contribution in [0.25, 0.3) is 0 Å². The van der Waals surface area contributed by atoms with Crippen molar-refractivity contribution in [3.8, 4) is 11.5 Å². The standard InChI is InChI=1S/C13H8Br3NOS/c14-7-1-3-11(9(5-7)13(17)19)18-12-4-2-8(15)6-10(12)16/h1-6H,(H2,17,19). The van der Waals surface area contributed by atoms with Crippen LogP contribution in [0, 0.1) is 0 Å². The molecule has 0 amide bonds. The summed E-state index contributed by atoms with van der Waals surface area (Å²) in [6.07, 6.45) is 0. The monoisotopic (exact) mass is 463 g/mol. The molecule has 2 nitrogen and oxygen atoms in total. The van der Waals surface area contributed by atoms with Gasteiger partial charge in [-0.05, 0) is 52.3 Å². The lowest BCUT2D eigenvalue weighted by Crippen LogP contribution is -2.10. The van der Waals surface area contributed by atoms with Crippen LogP contribution in [0.3, 0.4) is 0 Å². The molecular weight excluding hydrogens is 458 g/mol. The van der Waals surface area contributed by atoms with Crippen LogP contribution in [-0.4, -0.2) is 4.99 Å². The van der Waals surface area contributed by atoms with E-state index in [0.29, 0.717) is 22.1 Å². The second kappa shape index (κ2) is 6.35. The van der Waals surface area contributed by atoms with E-state index in [2.05, 4.69) is 47.8 Å². The van der Waals surface area contributed by atoms with Gasteiger partial charge in [0.2, 0.25) is 0 Å². The molecule has 0 fully saturated rings. The molecule has 0 aromatic heterocycles. The first-order chi connectivity index (χ1) is 8.97. The SMILES string of the molecule is NC(=S)c1cc(Br)ccc1Oc1ccc(Br)cc1Br. The summed E-state index contributed by atoms with van der Waals surface area (Å²) < 4.78 is 8.57. The predicted molar refractivity (Wildman–Crippen MR) is 91.9 cm³/mol. The Balaban J connectivity index is 2.40. The number of nitrogens with two attached hydrogens (primary N) is 1. The van der Waals surface area contributed by atoms with E-state index in [1.165, 1.54) is 0 Å². The van der Waals surface area contributed by atoms with E-state index in [4.69, 9.17) is 22.7 Å². The summed E-state index contributed by atoms with van der Waals surface area (Å²) in [4.78, 5) is 0.296. The summed E-state index contributed by atoms with van der Waals surface area (Å²) in [6.45, 7) is 0. The molecule has 0 heterocycles. The van der Waals surface area contributed by atoms with Gasteiger partial charge in [0.25, 0.3) is 0 Å². The molecular formula is C13H8Br3NOS. The van der Waals surface area contributed by atoms with Crippen molar-refractivity contribution in [2.75, 3.05) is 0 Å². The zero-order valence-corrected chi connectivity index (χ0v) is 15.1. The van der Waals surface area contributed by atoms with Crippen molar-refractivity contribution >= 4 is 65.0 Å². The lowest BCUT2D eigenvalue weighted by Gasteiger charge is -2.12. The van der Waals surface area contributed by atoms with Crippen LogP contribution in [0.5, 0.6) is 11.5 Å². The second-order valence-corrected chi connectivity index (χ2v) is 6.81. The lowest BCUT2D eigenvalue weighted by atomic mass is 10.2. The van der Waals surface area contributed by atoms with Crippen molar-refractivity contribution in [3.63, 3.8) is 0 Å². The summed E-state index contributed by atoms with van der Waals surface area (Å²) >= 11 is 15.3. The third kappa shape index (κ3) is 3.78. The first kappa shape index (κ1) is 15.0. The van der Waals surface area contributed by atoms with Gasteiger partial charge in [-0.3, -0.25) is 0 Å². The van der Waals surface area contributed by atoms with Gasteiger partial charge in [-0.15, -0.1) is 0 Å². The zero-order valence-electron chi connectivity index (χ0n) is 9.49. The zero-order chi connectivity index (χ0) is 14.0. The van der Waals surface area contributed by atoms with Gasteiger partial charge in [-0.2, -0.15) is 0 Å². The number of hydrogen-bond donors (Lipinski definition) is 1. The fraction of sp³-hybridized carbons (Fsp3) is 0. The van der Waals surface area contributed by atoms with Crippen molar-refractivity contribution in [1.29, 1.82) is 0 Å². The average molecular weight is 466 g/mol. The largest absolute Gasteiger partial charge is 0.455 e. The molecule has 98 valence electrons. The van der Waals surface area contributed by atoms with Crippen molar-refractivity contribution < 1.29 is 4.74 Å². The lowest BCUT2D eigenvalue weighted by molar-refractivity contribution is 0.478. The number of ether oxygens (including phenoxy) is 1. The van der Waals surface area contributed by atoms with Gasteiger partial charge >= 0.3 is 0 Å². The van der Waals surface area contributed by atoms with Gasteiger partial charge in [0, 0.05) is 8.95 Å². The van der Waals surface area contributed by atoms with Gasteiger partial charge in [-0.1, -0.05) is 44.1 Å². The molecule has 0 aliphatic rings. The van der Waals surface area contributed by atoms with Gasteiger partial charge in [0.05, 0.1) is 10.0 Å². The minimum atomic E-state index is 0.296. The molecule has 2 aromatic carbocycles. The first-order valence-electron chi connectivity index (χ1n) is 5.19. The van der Waals surface area contributed by atoms with Crippen LogP contribution in [0.1, 0.15) is 5.56 Å². The maximum Gasteiger partial charge on any atom is 0.141 e. The van der Waals surface area contributed by atoms with Gasteiger partial charge in [0.15, 0.2) is 0 Å². The Morgan fingerprint density at radius 2 is 1.53 bits per heavy atom. The molecule has 2 N–H and O–H groups in total. The van der Waals surface area contributed by atoms with Crippen LogP contribution in [0.4, 0.5) is 0 Å². The summed E-state index contributed by atoms with van der Waals surface area (Å²) in [5.74, 6) is 1.32. The van der Waals surface area contributed by atoms with Gasteiger partial charge < -0.3 is 10.5 Å². The van der Waals surface area contributed by atoms with E-state index in [0.717, 1.165) is 13.4 Å². The van der Waals surface area contributed by atoms with Gasteiger partial charge in [0.1, 0.15) is 16.5 Å². The van der Waals surface area contributed by atoms with Crippen molar-refractivity contribution in [2.45, 2.75) is 0 Å². The number of rotatable bonds is 3. The maximum atomic E-state index is 5.86. The first-order valence-corrected chi connectivity index (χ1v) is 7.98. The molecule has 0 spiro atoms. The van der Waals surface area contributed by atoms with Crippen LogP contribution in [0.2, 0.25) is 0 Å². The highest BCUT2D eigenvalue weighted by molar-refractivity contribution is 9.11. The smallest absolute Gasteiger partial charge is 0.141 e. The Labute approximate surface area is 141 Å².